The third-order valence-corrected chi connectivity index (χ3v) is 4.45. The van der Waals surface area contributed by atoms with Gasteiger partial charge in [0.2, 0.25) is 5.91 Å². The van der Waals surface area contributed by atoms with Gasteiger partial charge in [-0.15, -0.1) is 0 Å². The number of ether oxygens (including phenoxy) is 1. The van der Waals surface area contributed by atoms with Crippen molar-refractivity contribution in [3.8, 4) is 0 Å². The molecule has 0 bridgehead atoms. The highest BCUT2D eigenvalue weighted by atomic mass is 16.5. The van der Waals surface area contributed by atoms with Crippen molar-refractivity contribution in [3.63, 3.8) is 0 Å². The first-order chi connectivity index (χ1) is 9.75. The van der Waals surface area contributed by atoms with Gasteiger partial charge in [0.1, 0.15) is 6.04 Å². The van der Waals surface area contributed by atoms with Gasteiger partial charge >= 0.3 is 5.97 Å². The molecular weight excluding hydrogens is 266 g/mol. The summed E-state index contributed by atoms with van der Waals surface area (Å²) in [6.45, 7) is 7.75. The Morgan fingerprint density at radius 2 is 1.76 bits per heavy atom. The van der Waals surface area contributed by atoms with E-state index in [-0.39, 0.29) is 23.2 Å². The number of amides is 1. The van der Waals surface area contributed by atoms with Crippen molar-refractivity contribution in [2.24, 2.45) is 17.3 Å². The maximum absolute atomic E-state index is 12.4. The Labute approximate surface area is 129 Å². The summed E-state index contributed by atoms with van der Waals surface area (Å²) in [5.41, 5.74) is -0.354. The quantitative estimate of drug-likeness (QED) is 0.792. The minimum absolute atomic E-state index is 0.0362. The van der Waals surface area contributed by atoms with Crippen LogP contribution < -0.4 is 5.32 Å². The number of hydrogen-bond acceptors (Lipinski definition) is 3. The second-order valence-electron chi connectivity index (χ2n) is 7.47. The maximum Gasteiger partial charge on any atom is 0.328 e. The van der Waals surface area contributed by atoms with Gasteiger partial charge in [-0.25, -0.2) is 4.79 Å². The van der Waals surface area contributed by atoms with Gasteiger partial charge in [0.15, 0.2) is 0 Å². The number of methoxy groups -OCH3 is 1. The molecule has 1 rings (SSSR count). The SMILES string of the molecule is COC(=O)[C@@H](NC(=O)[C@@H](C)CC1CCCCC1)C(C)(C)C. The third-order valence-electron chi connectivity index (χ3n) is 4.45. The Bertz CT molecular complexity index is 354. The molecule has 1 aliphatic rings. The van der Waals surface area contributed by atoms with Gasteiger partial charge < -0.3 is 10.1 Å². The van der Waals surface area contributed by atoms with E-state index in [1.165, 1.54) is 39.2 Å². The Kier molecular flexibility index (Phi) is 6.69. The van der Waals surface area contributed by atoms with E-state index in [0.29, 0.717) is 5.92 Å². The molecule has 0 aromatic rings. The molecule has 122 valence electrons. The lowest BCUT2D eigenvalue weighted by Crippen LogP contribution is -2.51. The molecule has 1 N–H and O–H groups in total. The van der Waals surface area contributed by atoms with E-state index in [1.807, 2.05) is 27.7 Å². The van der Waals surface area contributed by atoms with Crippen LogP contribution in [0.25, 0.3) is 0 Å². The van der Waals surface area contributed by atoms with Crippen LogP contribution in [-0.2, 0) is 14.3 Å². The fourth-order valence-electron chi connectivity index (χ4n) is 3.06. The first-order valence-corrected chi connectivity index (χ1v) is 8.14. The van der Waals surface area contributed by atoms with Crippen LogP contribution in [0.3, 0.4) is 0 Å². The van der Waals surface area contributed by atoms with Crippen LogP contribution in [0, 0.1) is 17.3 Å². The topological polar surface area (TPSA) is 55.4 Å². The van der Waals surface area contributed by atoms with Crippen molar-refractivity contribution in [1.29, 1.82) is 0 Å². The van der Waals surface area contributed by atoms with Crippen molar-refractivity contribution >= 4 is 11.9 Å². The standard InChI is InChI=1S/C17H31NO3/c1-12(11-13-9-7-6-8-10-13)15(19)18-14(16(20)21-5)17(2,3)4/h12-14H,6-11H2,1-5H3,(H,18,19)/t12-,14+/m0/s1. The molecule has 1 amide bonds. The van der Waals surface area contributed by atoms with Crippen LogP contribution in [0.4, 0.5) is 0 Å². The highest BCUT2D eigenvalue weighted by Crippen LogP contribution is 2.29. The highest BCUT2D eigenvalue weighted by molar-refractivity contribution is 5.86. The van der Waals surface area contributed by atoms with Crippen molar-refractivity contribution in [3.05, 3.63) is 0 Å². The van der Waals surface area contributed by atoms with Gasteiger partial charge in [-0.05, 0) is 17.8 Å². The molecule has 21 heavy (non-hydrogen) atoms. The van der Waals surface area contributed by atoms with Crippen LogP contribution in [0.2, 0.25) is 0 Å². The molecule has 0 saturated heterocycles. The zero-order valence-electron chi connectivity index (χ0n) is 14.2. The van der Waals surface area contributed by atoms with Crippen molar-refractivity contribution in [1.82, 2.24) is 5.32 Å². The van der Waals surface area contributed by atoms with Gasteiger partial charge in [-0.2, -0.15) is 0 Å². The molecule has 1 aliphatic carbocycles. The fraction of sp³-hybridized carbons (Fsp3) is 0.882. The van der Waals surface area contributed by atoms with E-state index in [2.05, 4.69) is 5.32 Å². The fourth-order valence-corrected chi connectivity index (χ4v) is 3.06. The summed E-state index contributed by atoms with van der Waals surface area (Å²) in [5, 5.41) is 2.88. The Balaban J connectivity index is 2.57. The van der Waals surface area contributed by atoms with Crippen LogP contribution >= 0.6 is 0 Å². The van der Waals surface area contributed by atoms with Gasteiger partial charge in [0.05, 0.1) is 7.11 Å². The summed E-state index contributed by atoms with van der Waals surface area (Å²) in [6, 6.07) is -0.594. The maximum atomic E-state index is 12.4. The molecule has 0 spiro atoms. The first kappa shape index (κ1) is 18.0. The van der Waals surface area contributed by atoms with E-state index >= 15 is 0 Å². The monoisotopic (exact) mass is 297 g/mol. The molecule has 1 fully saturated rings. The average molecular weight is 297 g/mol. The lowest BCUT2D eigenvalue weighted by atomic mass is 9.82. The van der Waals surface area contributed by atoms with Crippen molar-refractivity contribution < 1.29 is 14.3 Å². The second kappa shape index (κ2) is 7.81. The third kappa shape index (κ3) is 5.68. The number of hydrogen-bond donors (Lipinski definition) is 1. The van der Waals surface area contributed by atoms with Crippen LogP contribution in [0.15, 0.2) is 0 Å². The van der Waals surface area contributed by atoms with Gasteiger partial charge in [0.25, 0.3) is 0 Å². The summed E-state index contributed by atoms with van der Waals surface area (Å²) < 4.78 is 4.82. The lowest BCUT2D eigenvalue weighted by Gasteiger charge is -2.31. The number of carbonyl (C=O) groups excluding carboxylic acids is 2. The summed E-state index contributed by atoms with van der Waals surface area (Å²) in [4.78, 5) is 24.2. The zero-order chi connectivity index (χ0) is 16.0. The van der Waals surface area contributed by atoms with Crippen molar-refractivity contribution in [2.75, 3.05) is 7.11 Å². The normalized spacial score (nSPS) is 19.7. The summed E-state index contributed by atoms with van der Waals surface area (Å²) in [5.74, 6) is 0.194. The molecule has 0 aromatic heterocycles. The molecule has 0 unspecified atom stereocenters. The molecule has 0 heterocycles. The molecule has 4 nitrogen and oxygen atoms in total. The zero-order valence-corrected chi connectivity index (χ0v) is 14.2. The molecular formula is C17H31NO3. The van der Waals surface area contributed by atoms with Gasteiger partial charge in [-0.1, -0.05) is 59.8 Å². The summed E-state index contributed by atoms with van der Waals surface area (Å²) in [7, 11) is 1.36. The van der Waals surface area contributed by atoms with Gasteiger partial charge in [-0.3, -0.25) is 4.79 Å². The van der Waals surface area contributed by atoms with Crippen molar-refractivity contribution in [2.45, 2.75) is 72.3 Å². The predicted octanol–water partition coefficient (Wildman–Crippen LogP) is 3.30. The predicted molar refractivity (Wildman–Crippen MR) is 83.8 cm³/mol. The summed E-state index contributed by atoms with van der Waals surface area (Å²) >= 11 is 0. The minimum Gasteiger partial charge on any atom is -0.467 e. The molecule has 2 atom stereocenters. The first-order valence-electron chi connectivity index (χ1n) is 8.14. The Morgan fingerprint density at radius 3 is 2.24 bits per heavy atom. The minimum atomic E-state index is -0.594. The molecule has 0 radical (unpaired) electrons. The Morgan fingerprint density at radius 1 is 1.19 bits per heavy atom. The van der Waals surface area contributed by atoms with Crippen LogP contribution in [-0.4, -0.2) is 25.0 Å². The van der Waals surface area contributed by atoms with Crippen LogP contribution in [0.1, 0.15) is 66.2 Å². The van der Waals surface area contributed by atoms with Crippen LogP contribution in [0.5, 0.6) is 0 Å². The molecule has 0 aromatic carbocycles. The molecule has 4 heteroatoms. The smallest absolute Gasteiger partial charge is 0.328 e. The van der Waals surface area contributed by atoms with E-state index in [0.717, 1.165) is 6.42 Å². The number of rotatable bonds is 5. The van der Waals surface area contributed by atoms with E-state index in [9.17, 15) is 9.59 Å². The Hall–Kier alpha value is -1.06. The average Bonchev–Trinajstić information content (AvgIpc) is 2.43. The van der Waals surface area contributed by atoms with E-state index < -0.39 is 6.04 Å². The molecule has 1 saturated carbocycles. The highest BCUT2D eigenvalue weighted by Gasteiger charge is 2.34. The second-order valence-corrected chi connectivity index (χ2v) is 7.47. The van der Waals surface area contributed by atoms with Gasteiger partial charge in [0, 0.05) is 5.92 Å². The number of carbonyl (C=O) groups is 2. The van der Waals surface area contributed by atoms with E-state index in [1.54, 1.807) is 0 Å². The van der Waals surface area contributed by atoms with E-state index in [4.69, 9.17) is 4.74 Å². The largest absolute Gasteiger partial charge is 0.467 e. The lowest BCUT2D eigenvalue weighted by molar-refractivity contribution is -0.148. The molecule has 0 aliphatic heterocycles. The number of esters is 1. The summed E-state index contributed by atoms with van der Waals surface area (Å²) in [6.07, 6.45) is 7.28. The number of nitrogens with one attached hydrogen (secondary N) is 1.